The quantitative estimate of drug-likeness (QED) is 0.693. The maximum atomic E-state index is 11.7. The second-order valence-corrected chi connectivity index (χ2v) is 5.64. The average Bonchev–Trinajstić information content (AvgIpc) is 2.31. The van der Waals surface area contributed by atoms with E-state index in [1.165, 1.54) is 0 Å². The first-order chi connectivity index (χ1) is 7.95. The van der Waals surface area contributed by atoms with Gasteiger partial charge in [-0.05, 0) is 45.4 Å². The van der Waals surface area contributed by atoms with E-state index in [1.54, 1.807) is 0 Å². The minimum Gasteiger partial charge on any atom is -0.465 e. The Morgan fingerprint density at radius 2 is 1.94 bits per heavy atom. The van der Waals surface area contributed by atoms with Crippen molar-refractivity contribution in [3.8, 4) is 0 Å². The third-order valence-electron chi connectivity index (χ3n) is 3.86. The Hall–Kier alpha value is -0.860. The Morgan fingerprint density at radius 3 is 2.47 bits per heavy atom. The highest BCUT2D eigenvalue weighted by atomic mass is 16.5. The molecule has 0 aromatic heterocycles. The van der Waals surface area contributed by atoms with E-state index in [9.17, 15) is 9.59 Å². The minimum atomic E-state index is -0.372. The highest BCUT2D eigenvalue weighted by Crippen LogP contribution is 2.25. The van der Waals surface area contributed by atoms with Gasteiger partial charge in [-0.25, -0.2) is 0 Å². The van der Waals surface area contributed by atoms with Crippen LogP contribution >= 0.6 is 0 Å². The van der Waals surface area contributed by atoms with Crippen LogP contribution in [0.25, 0.3) is 0 Å². The third kappa shape index (κ3) is 4.49. The number of carbonyl (C=O) groups is 2. The summed E-state index contributed by atoms with van der Waals surface area (Å²) in [6.45, 7) is 6.32. The van der Waals surface area contributed by atoms with Crippen LogP contribution in [0.4, 0.5) is 0 Å². The number of ketones is 1. The highest BCUT2D eigenvalue weighted by molar-refractivity contribution is 5.79. The van der Waals surface area contributed by atoms with Crippen molar-refractivity contribution < 1.29 is 14.3 Å². The third-order valence-corrected chi connectivity index (χ3v) is 3.86. The summed E-state index contributed by atoms with van der Waals surface area (Å²) in [5.74, 6) is 0.836. The van der Waals surface area contributed by atoms with Crippen LogP contribution in [0.1, 0.15) is 59.3 Å². The predicted molar refractivity (Wildman–Crippen MR) is 66.6 cm³/mol. The van der Waals surface area contributed by atoms with Gasteiger partial charge in [0.15, 0.2) is 0 Å². The highest BCUT2D eigenvalue weighted by Gasteiger charge is 2.27. The van der Waals surface area contributed by atoms with Gasteiger partial charge in [0.25, 0.3) is 0 Å². The molecule has 1 saturated carbocycles. The van der Waals surface area contributed by atoms with Gasteiger partial charge in [0.1, 0.15) is 5.78 Å². The molecule has 0 radical (unpaired) electrons. The van der Waals surface area contributed by atoms with Gasteiger partial charge in [-0.15, -0.1) is 0 Å². The number of esters is 1. The van der Waals surface area contributed by atoms with E-state index >= 15 is 0 Å². The molecule has 0 aromatic rings. The van der Waals surface area contributed by atoms with Gasteiger partial charge >= 0.3 is 5.97 Å². The Morgan fingerprint density at radius 1 is 1.35 bits per heavy atom. The van der Waals surface area contributed by atoms with Gasteiger partial charge in [0, 0.05) is 12.8 Å². The van der Waals surface area contributed by atoms with E-state index in [-0.39, 0.29) is 11.4 Å². The van der Waals surface area contributed by atoms with E-state index < -0.39 is 0 Å². The Bertz CT molecular complexity index is 271. The van der Waals surface area contributed by atoms with Gasteiger partial charge in [0.05, 0.1) is 12.0 Å². The summed E-state index contributed by atoms with van der Waals surface area (Å²) >= 11 is 0. The maximum Gasteiger partial charge on any atom is 0.311 e. The molecule has 98 valence electrons. The molecule has 3 nitrogen and oxygen atoms in total. The molecule has 0 atom stereocenters. The summed E-state index contributed by atoms with van der Waals surface area (Å²) in [7, 11) is 0. The lowest BCUT2D eigenvalue weighted by molar-refractivity contribution is -0.154. The molecule has 0 amide bonds. The van der Waals surface area contributed by atoms with Crippen molar-refractivity contribution >= 4 is 11.8 Å². The normalized spacial score (nSPS) is 18.2. The largest absolute Gasteiger partial charge is 0.465 e. The van der Waals surface area contributed by atoms with Crippen LogP contribution in [0, 0.1) is 11.3 Å². The monoisotopic (exact) mass is 240 g/mol. The molecule has 0 N–H and O–H groups in total. The van der Waals surface area contributed by atoms with E-state index in [1.807, 2.05) is 20.8 Å². The lowest BCUT2D eigenvalue weighted by Gasteiger charge is -2.23. The Balaban J connectivity index is 2.20. The zero-order valence-electron chi connectivity index (χ0n) is 11.3. The van der Waals surface area contributed by atoms with Crippen LogP contribution in [-0.2, 0) is 14.3 Å². The number of carbonyl (C=O) groups excluding carboxylic acids is 2. The van der Waals surface area contributed by atoms with E-state index in [0.29, 0.717) is 31.1 Å². The summed E-state index contributed by atoms with van der Waals surface area (Å²) < 4.78 is 5.30. The molecule has 17 heavy (non-hydrogen) atoms. The first-order valence-corrected chi connectivity index (χ1v) is 6.64. The second kappa shape index (κ2) is 6.18. The predicted octanol–water partition coefficient (Wildman–Crippen LogP) is 3.12. The SMILES string of the molecule is CCC(C)(C)C(=O)OCCC1CCC(=O)CC1. The summed E-state index contributed by atoms with van der Waals surface area (Å²) in [5.41, 5.74) is -0.372. The summed E-state index contributed by atoms with van der Waals surface area (Å²) in [6, 6.07) is 0. The molecular formula is C14H24O3. The van der Waals surface area contributed by atoms with Crippen molar-refractivity contribution in [3.63, 3.8) is 0 Å². The van der Waals surface area contributed by atoms with Crippen molar-refractivity contribution in [2.45, 2.75) is 59.3 Å². The van der Waals surface area contributed by atoms with Crippen LogP contribution in [-0.4, -0.2) is 18.4 Å². The van der Waals surface area contributed by atoms with Gasteiger partial charge in [-0.3, -0.25) is 9.59 Å². The summed E-state index contributed by atoms with van der Waals surface area (Å²) in [6.07, 6.45) is 5.04. The van der Waals surface area contributed by atoms with Crippen molar-refractivity contribution in [3.05, 3.63) is 0 Å². The first-order valence-electron chi connectivity index (χ1n) is 6.64. The van der Waals surface area contributed by atoms with Crippen LogP contribution in [0.2, 0.25) is 0 Å². The molecule has 0 aliphatic heterocycles. The smallest absolute Gasteiger partial charge is 0.311 e. The summed E-state index contributed by atoms with van der Waals surface area (Å²) in [4.78, 5) is 22.8. The molecule has 1 aliphatic carbocycles. The zero-order valence-corrected chi connectivity index (χ0v) is 11.3. The van der Waals surface area contributed by atoms with Gasteiger partial charge in [0.2, 0.25) is 0 Å². The van der Waals surface area contributed by atoms with Gasteiger partial charge in [-0.2, -0.15) is 0 Å². The van der Waals surface area contributed by atoms with E-state index in [2.05, 4.69) is 0 Å². The standard InChI is InChI=1S/C14H24O3/c1-4-14(2,3)13(16)17-10-9-11-5-7-12(15)8-6-11/h11H,4-10H2,1-3H3. The number of hydrogen-bond acceptors (Lipinski definition) is 3. The number of hydrogen-bond donors (Lipinski definition) is 0. The van der Waals surface area contributed by atoms with Crippen LogP contribution < -0.4 is 0 Å². The molecule has 0 heterocycles. The number of rotatable bonds is 5. The molecule has 0 saturated heterocycles. The Labute approximate surface area is 104 Å². The molecule has 3 heteroatoms. The molecule has 1 rings (SSSR count). The van der Waals surface area contributed by atoms with Crippen LogP contribution in [0.5, 0.6) is 0 Å². The average molecular weight is 240 g/mol. The molecule has 0 spiro atoms. The van der Waals surface area contributed by atoms with Crippen LogP contribution in [0.15, 0.2) is 0 Å². The lowest BCUT2D eigenvalue weighted by Crippen LogP contribution is -2.26. The number of Topliss-reactive ketones (excluding diaryl/α,β-unsaturated/α-hetero) is 1. The van der Waals surface area contributed by atoms with Crippen LogP contribution in [0.3, 0.4) is 0 Å². The fourth-order valence-corrected chi connectivity index (χ4v) is 1.95. The number of ether oxygens (including phenoxy) is 1. The zero-order chi connectivity index (χ0) is 12.9. The van der Waals surface area contributed by atoms with Crippen molar-refractivity contribution in [1.29, 1.82) is 0 Å². The second-order valence-electron chi connectivity index (χ2n) is 5.64. The molecular weight excluding hydrogens is 216 g/mol. The van der Waals surface area contributed by atoms with Crippen molar-refractivity contribution in [2.75, 3.05) is 6.61 Å². The lowest BCUT2D eigenvalue weighted by atomic mass is 9.86. The molecule has 0 bridgehead atoms. The topological polar surface area (TPSA) is 43.4 Å². The Kier molecular flexibility index (Phi) is 5.16. The van der Waals surface area contributed by atoms with Gasteiger partial charge in [-0.1, -0.05) is 6.92 Å². The van der Waals surface area contributed by atoms with Crippen molar-refractivity contribution in [2.24, 2.45) is 11.3 Å². The fraction of sp³-hybridized carbons (Fsp3) is 0.857. The molecule has 1 aliphatic rings. The fourth-order valence-electron chi connectivity index (χ4n) is 1.95. The van der Waals surface area contributed by atoms with E-state index in [0.717, 1.165) is 25.7 Å². The summed E-state index contributed by atoms with van der Waals surface area (Å²) in [5, 5.41) is 0. The molecule has 0 aromatic carbocycles. The minimum absolute atomic E-state index is 0.105. The molecule has 1 fully saturated rings. The maximum absolute atomic E-state index is 11.7. The molecule has 0 unspecified atom stereocenters. The van der Waals surface area contributed by atoms with E-state index in [4.69, 9.17) is 4.74 Å². The first kappa shape index (κ1) is 14.2. The van der Waals surface area contributed by atoms with Gasteiger partial charge < -0.3 is 4.74 Å². The van der Waals surface area contributed by atoms with Crippen molar-refractivity contribution in [1.82, 2.24) is 0 Å².